The first kappa shape index (κ1) is 9.06. The summed E-state index contributed by atoms with van der Waals surface area (Å²) in [4.78, 5) is 11.0. The van der Waals surface area contributed by atoms with Gasteiger partial charge in [-0.2, -0.15) is 0 Å². The molecule has 0 saturated carbocycles. The van der Waals surface area contributed by atoms with Crippen molar-refractivity contribution in [2.45, 2.75) is 19.4 Å². The van der Waals surface area contributed by atoms with Crippen molar-refractivity contribution in [1.82, 2.24) is 5.32 Å². The summed E-state index contributed by atoms with van der Waals surface area (Å²) in [5.41, 5.74) is 2.29. The summed E-state index contributed by atoms with van der Waals surface area (Å²) < 4.78 is 5.20. The monoisotopic (exact) mass is 191 g/mol. The number of carbonyl (C=O) groups is 1. The molecule has 0 spiro atoms. The van der Waals surface area contributed by atoms with Crippen molar-refractivity contribution in [3.63, 3.8) is 0 Å². The highest BCUT2D eigenvalue weighted by Gasteiger charge is 2.22. The molecule has 0 bridgehead atoms. The zero-order chi connectivity index (χ0) is 9.97. The summed E-state index contributed by atoms with van der Waals surface area (Å²) in [6.07, 6.45) is 0.450. The molecule has 0 aromatic heterocycles. The first-order valence-corrected chi connectivity index (χ1v) is 4.77. The van der Waals surface area contributed by atoms with Crippen molar-refractivity contribution in [3.05, 3.63) is 35.4 Å². The molecule has 1 aromatic rings. The van der Waals surface area contributed by atoms with Crippen LogP contribution in [0.15, 0.2) is 24.3 Å². The predicted octanol–water partition coefficient (Wildman–Crippen LogP) is 2.17. The topological polar surface area (TPSA) is 38.3 Å². The number of nitrogens with one attached hydrogen (secondary N) is 1. The van der Waals surface area contributed by atoms with E-state index in [4.69, 9.17) is 4.74 Å². The van der Waals surface area contributed by atoms with Gasteiger partial charge < -0.3 is 10.1 Å². The molecule has 0 aliphatic carbocycles. The van der Waals surface area contributed by atoms with Crippen molar-refractivity contribution in [2.24, 2.45) is 0 Å². The summed E-state index contributed by atoms with van der Waals surface area (Å²) in [5, 5.41) is 2.64. The number of aryl methyl sites for hydroxylation is 1. The van der Waals surface area contributed by atoms with Gasteiger partial charge in [-0.15, -0.1) is 0 Å². The summed E-state index contributed by atoms with van der Waals surface area (Å²) in [6, 6.07) is 8.00. The van der Waals surface area contributed by atoms with Crippen molar-refractivity contribution in [2.75, 3.05) is 6.54 Å². The van der Waals surface area contributed by atoms with E-state index in [1.54, 1.807) is 0 Å². The molecule has 1 saturated heterocycles. The lowest BCUT2D eigenvalue weighted by molar-refractivity contribution is 0.0735. The Morgan fingerprint density at radius 3 is 2.93 bits per heavy atom. The molecule has 1 N–H and O–H groups in total. The normalized spacial score (nSPS) is 21.2. The van der Waals surface area contributed by atoms with E-state index in [-0.39, 0.29) is 12.2 Å². The molecule has 1 amide bonds. The highest BCUT2D eigenvalue weighted by atomic mass is 16.6. The molecule has 2 rings (SSSR count). The van der Waals surface area contributed by atoms with Gasteiger partial charge >= 0.3 is 6.09 Å². The van der Waals surface area contributed by atoms with Gasteiger partial charge in [0.15, 0.2) is 0 Å². The number of hydrogen-bond donors (Lipinski definition) is 1. The van der Waals surface area contributed by atoms with Crippen LogP contribution in [-0.4, -0.2) is 12.6 Å². The maximum Gasteiger partial charge on any atom is 0.407 e. The Morgan fingerprint density at radius 1 is 1.43 bits per heavy atom. The molecular formula is C11H13NO2. The lowest BCUT2D eigenvalue weighted by atomic mass is 10.0. The van der Waals surface area contributed by atoms with Crippen LogP contribution in [0.25, 0.3) is 0 Å². The van der Waals surface area contributed by atoms with Gasteiger partial charge in [0.2, 0.25) is 0 Å². The predicted molar refractivity (Wildman–Crippen MR) is 53.0 cm³/mol. The lowest BCUT2D eigenvalue weighted by Gasteiger charge is -2.24. The molecule has 3 heteroatoms. The highest BCUT2D eigenvalue weighted by molar-refractivity contribution is 5.68. The van der Waals surface area contributed by atoms with Gasteiger partial charge in [0.1, 0.15) is 6.10 Å². The number of benzene rings is 1. The third-order valence-electron chi connectivity index (χ3n) is 2.46. The van der Waals surface area contributed by atoms with E-state index in [0.717, 1.165) is 12.0 Å². The number of ether oxygens (including phenoxy) is 1. The van der Waals surface area contributed by atoms with E-state index >= 15 is 0 Å². The second kappa shape index (κ2) is 3.70. The van der Waals surface area contributed by atoms with E-state index < -0.39 is 0 Å². The zero-order valence-electron chi connectivity index (χ0n) is 8.12. The van der Waals surface area contributed by atoms with Gasteiger partial charge in [0.25, 0.3) is 0 Å². The van der Waals surface area contributed by atoms with Crippen LogP contribution in [0.5, 0.6) is 0 Å². The van der Waals surface area contributed by atoms with Crippen molar-refractivity contribution in [3.8, 4) is 0 Å². The SMILES string of the molecule is Cc1ccccc1[C@@H]1CCNC(=O)O1. The molecule has 1 atom stereocenters. The van der Waals surface area contributed by atoms with Crippen LogP contribution in [-0.2, 0) is 4.74 Å². The first-order valence-electron chi connectivity index (χ1n) is 4.77. The number of carbonyl (C=O) groups excluding carboxylic acids is 1. The Morgan fingerprint density at radius 2 is 2.21 bits per heavy atom. The molecule has 1 aliphatic rings. The Bertz CT molecular complexity index is 349. The quantitative estimate of drug-likeness (QED) is 0.738. The van der Waals surface area contributed by atoms with Crippen molar-refractivity contribution >= 4 is 6.09 Å². The molecular weight excluding hydrogens is 178 g/mol. The third kappa shape index (κ3) is 1.71. The zero-order valence-corrected chi connectivity index (χ0v) is 8.12. The molecule has 1 fully saturated rings. The second-order valence-electron chi connectivity index (χ2n) is 3.47. The van der Waals surface area contributed by atoms with Crippen LogP contribution < -0.4 is 5.32 Å². The summed E-state index contributed by atoms with van der Waals surface area (Å²) in [7, 11) is 0. The van der Waals surface area contributed by atoms with Crippen LogP contribution in [0, 0.1) is 6.92 Å². The number of amides is 1. The van der Waals surface area contributed by atoms with Gasteiger partial charge in [-0.25, -0.2) is 4.79 Å². The van der Waals surface area contributed by atoms with Gasteiger partial charge in [-0.1, -0.05) is 24.3 Å². The second-order valence-corrected chi connectivity index (χ2v) is 3.47. The maximum atomic E-state index is 11.0. The van der Waals surface area contributed by atoms with E-state index in [9.17, 15) is 4.79 Å². The molecule has 0 radical (unpaired) electrons. The molecule has 1 heterocycles. The van der Waals surface area contributed by atoms with E-state index in [2.05, 4.69) is 5.32 Å². The van der Waals surface area contributed by atoms with Crippen LogP contribution in [0.1, 0.15) is 23.7 Å². The Hall–Kier alpha value is -1.51. The molecule has 1 aromatic carbocycles. The molecule has 0 unspecified atom stereocenters. The standard InChI is InChI=1S/C11H13NO2/c1-8-4-2-3-5-9(8)10-6-7-12-11(13)14-10/h2-5,10H,6-7H2,1H3,(H,12,13)/t10-/m0/s1. The Labute approximate surface area is 83.1 Å². The summed E-state index contributed by atoms with van der Waals surface area (Å²) in [6.45, 7) is 2.73. The fraction of sp³-hybridized carbons (Fsp3) is 0.364. The minimum atomic E-state index is -0.315. The smallest absolute Gasteiger partial charge is 0.407 e. The molecule has 74 valence electrons. The van der Waals surface area contributed by atoms with E-state index in [1.165, 1.54) is 5.56 Å². The third-order valence-corrected chi connectivity index (χ3v) is 2.46. The first-order chi connectivity index (χ1) is 6.77. The molecule has 14 heavy (non-hydrogen) atoms. The maximum absolute atomic E-state index is 11.0. The lowest BCUT2D eigenvalue weighted by Crippen LogP contribution is -2.34. The summed E-state index contributed by atoms with van der Waals surface area (Å²) in [5.74, 6) is 0. The van der Waals surface area contributed by atoms with Gasteiger partial charge in [0.05, 0.1) is 0 Å². The average Bonchev–Trinajstić information content (AvgIpc) is 2.18. The number of rotatable bonds is 1. The van der Waals surface area contributed by atoms with Crippen LogP contribution in [0.4, 0.5) is 4.79 Å². The van der Waals surface area contributed by atoms with Crippen molar-refractivity contribution in [1.29, 1.82) is 0 Å². The Kier molecular flexibility index (Phi) is 2.39. The van der Waals surface area contributed by atoms with Crippen LogP contribution in [0.2, 0.25) is 0 Å². The largest absolute Gasteiger partial charge is 0.441 e. The minimum Gasteiger partial charge on any atom is -0.441 e. The van der Waals surface area contributed by atoms with E-state index in [1.807, 2.05) is 31.2 Å². The van der Waals surface area contributed by atoms with Crippen LogP contribution in [0.3, 0.4) is 0 Å². The minimum absolute atomic E-state index is 0.0788. The average molecular weight is 191 g/mol. The van der Waals surface area contributed by atoms with Gasteiger partial charge in [-0.05, 0) is 18.1 Å². The van der Waals surface area contributed by atoms with Gasteiger partial charge in [-0.3, -0.25) is 0 Å². The fourth-order valence-corrected chi connectivity index (χ4v) is 1.70. The van der Waals surface area contributed by atoms with E-state index in [0.29, 0.717) is 6.54 Å². The number of alkyl carbamates (subject to hydrolysis) is 1. The molecule has 3 nitrogen and oxygen atoms in total. The highest BCUT2D eigenvalue weighted by Crippen LogP contribution is 2.25. The Balaban J connectivity index is 2.22. The fourth-order valence-electron chi connectivity index (χ4n) is 1.70. The summed E-state index contributed by atoms with van der Waals surface area (Å²) >= 11 is 0. The number of hydrogen-bond acceptors (Lipinski definition) is 2. The van der Waals surface area contributed by atoms with Crippen LogP contribution >= 0.6 is 0 Å². The van der Waals surface area contributed by atoms with Gasteiger partial charge in [0, 0.05) is 13.0 Å². The van der Waals surface area contributed by atoms with Crippen molar-refractivity contribution < 1.29 is 9.53 Å². The molecule has 1 aliphatic heterocycles. The number of cyclic esters (lactones) is 1.